The highest BCUT2D eigenvalue weighted by Crippen LogP contribution is 2.55. The second-order valence-electron chi connectivity index (χ2n) is 23.7. The molecule has 0 atom stereocenters. The maximum atomic E-state index is 14.0. The molecule has 0 aliphatic heterocycles. The van der Waals surface area contributed by atoms with Gasteiger partial charge in [-0.3, -0.25) is 0 Å². The molecule has 0 saturated heterocycles. The number of aryl methyl sites for hydroxylation is 2. The van der Waals surface area contributed by atoms with Gasteiger partial charge in [-0.15, -0.1) is 0 Å². The highest BCUT2D eigenvalue weighted by molar-refractivity contribution is 7.91. The van der Waals surface area contributed by atoms with E-state index in [1.165, 1.54) is 175 Å². The molecule has 6 nitrogen and oxygen atoms in total. The smallest absolute Gasteiger partial charge is 0.206 e. The van der Waals surface area contributed by atoms with E-state index >= 15 is 0 Å². The Balaban J connectivity index is 0.808. The van der Waals surface area contributed by atoms with Crippen LogP contribution in [0.25, 0.3) is 22.3 Å². The van der Waals surface area contributed by atoms with Gasteiger partial charge in [0.25, 0.3) is 0 Å². The second-order valence-corrected chi connectivity index (χ2v) is 27.6. The standard InChI is InChI=1S/C76H88O6S2/c1-5-7-9-11-13-15-17-19-21-23-53-76(54-24-22-20-18-16-14-12-10-8-6-2)74-55-59(4)27-51-72(74)73-52-30-61(57-75(73)76)56-60-28-45-69(46-29-60)84(79,80)71-49-41-67(42-50-71)82-65-37-33-63(34-38-65)62-31-35-64(36-32-62)81-66-39-47-70(48-40-66)83(77,78)68-43-25-58(3)26-44-68/h25-52,55,57H,5-24,53-54,56H2,1-4H3. The van der Waals surface area contributed by atoms with Crippen LogP contribution in [0.2, 0.25) is 0 Å². The Bertz CT molecular complexity index is 3540. The molecule has 9 rings (SSSR count). The normalized spacial score (nSPS) is 12.7. The van der Waals surface area contributed by atoms with Gasteiger partial charge in [0.1, 0.15) is 23.0 Å². The first-order valence-electron chi connectivity index (χ1n) is 31.5. The third kappa shape index (κ3) is 16.0. The topological polar surface area (TPSA) is 86.7 Å². The molecule has 0 unspecified atom stereocenters. The van der Waals surface area contributed by atoms with Crippen LogP contribution in [0.1, 0.15) is 188 Å². The number of fused-ring (bicyclic) bond motifs is 3. The quantitative estimate of drug-likeness (QED) is 0.0381. The van der Waals surface area contributed by atoms with Gasteiger partial charge < -0.3 is 9.47 Å². The van der Waals surface area contributed by atoms with Crippen molar-refractivity contribution < 1.29 is 26.3 Å². The Kier molecular flexibility index (Phi) is 22.0. The Labute approximate surface area is 504 Å². The summed E-state index contributed by atoms with van der Waals surface area (Å²) in [6.45, 7) is 8.77. The van der Waals surface area contributed by atoms with Crippen LogP contribution in [0, 0.1) is 13.8 Å². The van der Waals surface area contributed by atoms with E-state index in [1.807, 2.05) is 67.6 Å². The van der Waals surface area contributed by atoms with Crippen molar-refractivity contribution >= 4 is 19.7 Å². The van der Waals surface area contributed by atoms with Crippen molar-refractivity contribution in [2.45, 2.75) is 200 Å². The summed E-state index contributed by atoms with van der Waals surface area (Å²) in [5.41, 5.74) is 12.5. The molecule has 0 amide bonds. The van der Waals surface area contributed by atoms with Crippen LogP contribution in [0.5, 0.6) is 23.0 Å². The molecular formula is C76H88O6S2. The molecule has 0 radical (unpaired) electrons. The number of rotatable bonds is 33. The van der Waals surface area contributed by atoms with E-state index < -0.39 is 19.7 Å². The summed E-state index contributed by atoms with van der Waals surface area (Å²) in [4.78, 5) is 0.936. The summed E-state index contributed by atoms with van der Waals surface area (Å²) >= 11 is 0. The molecule has 8 heteroatoms. The number of sulfone groups is 2. The SMILES string of the molecule is CCCCCCCCCCCCC1(CCCCCCCCCCCC)c2cc(C)ccc2-c2ccc(Cc3ccc(S(=O)(=O)c4ccc(Oc5ccc(-c6ccc(Oc7ccc(S(=O)(=O)c8ccc(C)cc8)cc7)cc6)cc5)cc4)cc3)cc21. The third-order valence-electron chi connectivity index (χ3n) is 17.2. The van der Waals surface area contributed by atoms with E-state index in [0.29, 0.717) is 23.0 Å². The molecule has 0 bridgehead atoms. The molecule has 440 valence electrons. The zero-order chi connectivity index (χ0) is 58.8. The maximum Gasteiger partial charge on any atom is 0.206 e. The lowest BCUT2D eigenvalue weighted by molar-refractivity contribution is 0.396. The zero-order valence-corrected chi connectivity index (χ0v) is 52.0. The predicted molar refractivity (Wildman–Crippen MR) is 347 cm³/mol. The highest BCUT2D eigenvalue weighted by Gasteiger charge is 2.42. The molecule has 1 aliphatic rings. The van der Waals surface area contributed by atoms with Crippen LogP contribution in [0.3, 0.4) is 0 Å². The molecule has 0 heterocycles. The average Bonchev–Trinajstić information content (AvgIpc) is 2.38. The number of unbranched alkanes of at least 4 members (excludes halogenated alkanes) is 18. The molecule has 84 heavy (non-hydrogen) atoms. The van der Waals surface area contributed by atoms with Gasteiger partial charge in [-0.25, -0.2) is 16.8 Å². The number of benzene rings is 8. The fourth-order valence-corrected chi connectivity index (χ4v) is 14.9. The van der Waals surface area contributed by atoms with Crippen LogP contribution in [-0.4, -0.2) is 16.8 Å². The summed E-state index contributed by atoms with van der Waals surface area (Å²) in [5.74, 6) is 2.30. The van der Waals surface area contributed by atoms with E-state index in [-0.39, 0.29) is 25.0 Å². The minimum atomic E-state index is -3.78. The lowest BCUT2D eigenvalue weighted by Crippen LogP contribution is -2.26. The number of hydrogen-bond donors (Lipinski definition) is 0. The third-order valence-corrected chi connectivity index (χ3v) is 20.8. The summed E-state index contributed by atoms with van der Waals surface area (Å²) < 4.78 is 66.5. The van der Waals surface area contributed by atoms with Crippen LogP contribution in [0.4, 0.5) is 0 Å². The van der Waals surface area contributed by atoms with Crippen LogP contribution >= 0.6 is 0 Å². The van der Waals surface area contributed by atoms with Crippen molar-refractivity contribution in [1.29, 1.82) is 0 Å². The minimum Gasteiger partial charge on any atom is -0.457 e. The monoisotopic (exact) mass is 1160 g/mol. The highest BCUT2D eigenvalue weighted by atomic mass is 32.2. The predicted octanol–water partition coefficient (Wildman–Crippen LogP) is 21.7. The van der Waals surface area contributed by atoms with Gasteiger partial charge in [-0.05, 0) is 175 Å². The number of ether oxygens (including phenoxy) is 2. The van der Waals surface area contributed by atoms with Gasteiger partial charge in [0, 0.05) is 5.41 Å². The van der Waals surface area contributed by atoms with Gasteiger partial charge in [-0.2, -0.15) is 0 Å². The van der Waals surface area contributed by atoms with E-state index in [9.17, 15) is 16.8 Å². The van der Waals surface area contributed by atoms with Gasteiger partial charge in [0.15, 0.2) is 0 Å². The van der Waals surface area contributed by atoms with Crippen molar-refractivity contribution in [2.24, 2.45) is 0 Å². The van der Waals surface area contributed by atoms with E-state index in [1.54, 1.807) is 84.9 Å². The fourth-order valence-electron chi connectivity index (χ4n) is 12.3. The Morgan fingerprint density at radius 1 is 0.321 bits per heavy atom. The molecular weight excluding hydrogens is 1070 g/mol. The maximum absolute atomic E-state index is 14.0. The average molecular weight is 1160 g/mol. The summed E-state index contributed by atoms with van der Waals surface area (Å²) in [6.07, 6.45) is 29.9. The minimum absolute atomic E-state index is 0.000658. The first-order chi connectivity index (χ1) is 40.9. The van der Waals surface area contributed by atoms with Crippen molar-refractivity contribution in [3.05, 3.63) is 215 Å². The van der Waals surface area contributed by atoms with E-state index in [4.69, 9.17) is 9.47 Å². The number of hydrogen-bond acceptors (Lipinski definition) is 6. The van der Waals surface area contributed by atoms with E-state index in [2.05, 4.69) is 57.2 Å². The zero-order valence-electron chi connectivity index (χ0n) is 50.3. The molecule has 0 N–H and O–H groups in total. The second kappa shape index (κ2) is 29.9. The molecule has 1 aliphatic carbocycles. The van der Waals surface area contributed by atoms with Gasteiger partial charge in [-0.1, -0.05) is 238 Å². The summed E-state index contributed by atoms with van der Waals surface area (Å²) in [6, 6.07) is 57.1. The first-order valence-corrected chi connectivity index (χ1v) is 34.5. The lowest BCUT2D eigenvalue weighted by atomic mass is 9.70. The largest absolute Gasteiger partial charge is 0.457 e. The first kappa shape index (κ1) is 61.8. The fraction of sp³-hybridized carbons (Fsp3) is 0.368. The van der Waals surface area contributed by atoms with Crippen LogP contribution in [-0.2, 0) is 31.5 Å². The Morgan fingerprint density at radius 2 is 0.631 bits per heavy atom. The van der Waals surface area contributed by atoms with Crippen molar-refractivity contribution in [2.75, 3.05) is 0 Å². The molecule has 0 saturated carbocycles. The van der Waals surface area contributed by atoms with Crippen LogP contribution in [0.15, 0.2) is 202 Å². The van der Waals surface area contributed by atoms with E-state index in [0.717, 1.165) is 28.7 Å². The summed E-state index contributed by atoms with van der Waals surface area (Å²) in [5, 5.41) is 0. The molecule has 8 aromatic carbocycles. The molecule has 8 aromatic rings. The van der Waals surface area contributed by atoms with Crippen LogP contribution < -0.4 is 9.47 Å². The lowest BCUT2D eigenvalue weighted by Gasteiger charge is -2.33. The van der Waals surface area contributed by atoms with Gasteiger partial charge in [0.05, 0.1) is 19.6 Å². The Hall–Kier alpha value is -6.74. The molecule has 0 aromatic heterocycles. The van der Waals surface area contributed by atoms with Gasteiger partial charge in [0.2, 0.25) is 19.7 Å². The van der Waals surface area contributed by atoms with Crippen molar-refractivity contribution in [3.8, 4) is 45.3 Å². The molecule has 0 fully saturated rings. The Morgan fingerprint density at radius 3 is 1.04 bits per heavy atom. The van der Waals surface area contributed by atoms with Crippen molar-refractivity contribution in [3.63, 3.8) is 0 Å². The summed E-state index contributed by atoms with van der Waals surface area (Å²) in [7, 11) is -7.41. The molecule has 0 spiro atoms. The van der Waals surface area contributed by atoms with Crippen molar-refractivity contribution in [1.82, 2.24) is 0 Å². The van der Waals surface area contributed by atoms with Gasteiger partial charge >= 0.3 is 0 Å².